The molecule has 0 bridgehead atoms. The molecule has 0 saturated carbocycles. The van der Waals surface area contributed by atoms with Gasteiger partial charge in [0.25, 0.3) is 0 Å². The zero-order chi connectivity index (χ0) is 22.6. The number of methoxy groups -OCH3 is 1. The first-order valence-corrected chi connectivity index (χ1v) is 11.3. The fourth-order valence-corrected chi connectivity index (χ4v) is 3.92. The molecular weight excluding hydrogens is 432 g/mol. The second-order valence-corrected chi connectivity index (χ2v) is 8.74. The molecule has 8 nitrogen and oxygen atoms in total. The van der Waals surface area contributed by atoms with Gasteiger partial charge in [0.05, 0.1) is 26.0 Å². The van der Waals surface area contributed by atoms with Crippen LogP contribution in [0.2, 0.25) is 0 Å². The molecular formula is C20H23F2N3O5S. The largest absolute Gasteiger partial charge is 0.497 e. The molecule has 0 aromatic heterocycles. The molecule has 1 aliphatic rings. The molecule has 1 N–H and O–H groups in total. The summed E-state index contributed by atoms with van der Waals surface area (Å²) >= 11 is 0. The Morgan fingerprint density at radius 2 is 1.71 bits per heavy atom. The number of alkyl halides is 2. The lowest BCUT2D eigenvalue weighted by Crippen LogP contribution is -2.44. The van der Waals surface area contributed by atoms with Crippen molar-refractivity contribution in [3.05, 3.63) is 59.7 Å². The summed E-state index contributed by atoms with van der Waals surface area (Å²) in [5.74, 6) is 0.715. The number of carbonyl (C=O) groups excluding carboxylic acids is 1. The van der Waals surface area contributed by atoms with Crippen LogP contribution >= 0.6 is 0 Å². The van der Waals surface area contributed by atoms with E-state index in [0.29, 0.717) is 24.3 Å². The summed E-state index contributed by atoms with van der Waals surface area (Å²) in [5.41, 5.74) is 1.64. The van der Waals surface area contributed by atoms with Crippen molar-refractivity contribution in [2.24, 2.45) is 0 Å². The Morgan fingerprint density at radius 1 is 1.10 bits per heavy atom. The molecule has 0 radical (unpaired) electrons. The number of amides is 2. The van der Waals surface area contributed by atoms with Gasteiger partial charge in [0.2, 0.25) is 10.0 Å². The lowest BCUT2D eigenvalue weighted by molar-refractivity contribution is -0.0498. The smallest absolute Gasteiger partial charge is 0.387 e. The predicted octanol–water partition coefficient (Wildman–Crippen LogP) is 2.78. The number of sulfonamides is 1. The second kappa shape index (κ2) is 9.48. The monoisotopic (exact) mass is 455 g/mol. The Morgan fingerprint density at radius 3 is 2.26 bits per heavy atom. The third-order valence-corrected chi connectivity index (χ3v) is 5.33. The van der Waals surface area contributed by atoms with Crippen LogP contribution in [0.25, 0.3) is 0 Å². The van der Waals surface area contributed by atoms with Crippen LogP contribution in [0.4, 0.5) is 13.6 Å². The standard InChI is InChI=1S/C20H23F2N3O5S/c1-29-16-7-3-14(4-8-16)11-12-24-18(13-25(20(24)26)23-31(2,27)28)15-5-9-17(10-6-15)30-19(21)22/h3-10,18-19,23H,11-13H2,1-2H3/t18-/m1/s1. The summed E-state index contributed by atoms with van der Waals surface area (Å²) in [4.78, 5) is 16.7. The van der Waals surface area contributed by atoms with Crippen molar-refractivity contribution in [2.45, 2.75) is 19.1 Å². The molecule has 168 valence electrons. The minimum absolute atomic E-state index is 0.000951. The Kier molecular flexibility index (Phi) is 6.96. The first-order valence-electron chi connectivity index (χ1n) is 9.39. The van der Waals surface area contributed by atoms with E-state index in [2.05, 4.69) is 9.57 Å². The van der Waals surface area contributed by atoms with Crippen molar-refractivity contribution in [1.82, 2.24) is 14.7 Å². The number of carbonyl (C=O) groups is 1. The highest BCUT2D eigenvalue weighted by molar-refractivity contribution is 7.88. The van der Waals surface area contributed by atoms with Crippen LogP contribution in [0.3, 0.4) is 0 Å². The van der Waals surface area contributed by atoms with E-state index in [0.717, 1.165) is 16.8 Å². The average Bonchev–Trinajstić information content (AvgIpc) is 3.01. The molecule has 0 aliphatic carbocycles. The van der Waals surface area contributed by atoms with Crippen LogP contribution in [-0.4, -0.2) is 57.4 Å². The summed E-state index contributed by atoms with van der Waals surface area (Å²) < 4.78 is 57.6. The number of ether oxygens (including phenoxy) is 2. The number of hydrazine groups is 1. The van der Waals surface area contributed by atoms with Gasteiger partial charge in [-0.3, -0.25) is 0 Å². The van der Waals surface area contributed by atoms with E-state index in [4.69, 9.17) is 4.74 Å². The molecule has 11 heteroatoms. The first kappa shape index (κ1) is 22.8. The Bertz CT molecular complexity index is 1000. The quantitative estimate of drug-likeness (QED) is 0.628. The lowest BCUT2D eigenvalue weighted by atomic mass is 10.1. The summed E-state index contributed by atoms with van der Waals surface area (Å²) in [6, 6.07) is 12.4. The van der Waals surface area contributed by atoms with Crippen molar-refractivity contribution < 1.29 is 31.5 Å². The molecule has 0 unspecified atom stereocenters. The maximum absolute atomic E-state index is 12.9. The van der Waals surface area contributed by atoms with Gasteiger partial charge in [-0.25, -0.2) is 18.2 Å². The molecule has 2 aromatic rings. The highest BCUT2D eigenvalue weighted by Crippen LogP contribution is 2.30. The Labute approximate surface area is 179 Å². The third kappa shape index (κ3) is 6.05. The van der Waals surface area contributed by atoms with Crippen molar-refractivity contribution in [3.8, 4) is 11.5 Å². The van der Waals surface area contributed by atoms with Gasteiger partial charge >= 0.3 is 12.6 Å². The van der Waals surface area contributed by atoms with E-state index >= 15 is 0 Å². The summed E-state index contributed by atoms with van der Waals surface area (Å²) in [6.45, 7) is -2.54. The van der Waals surface area contributed by atoms with Crippen LogP contribution in [0, 0.1) is 0 Å². The number of nitrogens with zero attached hydrogens (tertiary/aromatic N) is 2. The van der Waals surface area contributed by atoms with Crippen LogP contribution in [0.1, 0.15) is 17.2 Å². The van der Waals surface area contributed by atoms with Crippen molar-refractivity contribution in [1.29, 1.82) is 0 Å². The number of hydrogen-bond donors (Lipinski definition) is 1. The summed E-state index contributed by atoms with van der Waals surface area (Å²) in [7, 11) is -2.08. The fourth-order valence-electron chi connectivity index (χ4n) is 3.36. The van der Waals surface area contributed by atoms with Crippen LogP contribution < -0.4 is 14.3 Å². The molecule has 1 aliphatic heterocycles. The minimum Gasteiger partial charge on any atom is -0.497 e. The normalized spacial score (nSPS) is 16.8. The molecule has 1 saturated heterocycles. The highest BCUT2D eigenvalue weighted by Gasteiger charge is 2.39. The number of benzene rings is 2. The summed E-state index contributed by atoms with van der Waals surface area (Å²) in [6.07, 6.45) is 1.50. The van der Waals surface area contributed by atoms with E-state index < -0.39 is 28.7 Å². The Hall–Kier alpha value is -2.92. The molecule has 3 rings (SSSR count). The fraction of sp³-hybridized carbons (Fsp3) is 0.350. The number of nitrogens with one attached hydrogen (secondary N) is 1. The van der Waals surface area contributed by atoms with Crippen molar-refractivity contribution in [3.63, 3.8) is 0 Å². The van der Waals surface area contributed by atoms with Gasteiger partial charge in [-0.1, -0.05) is 24.3 Å². The maximum atomic E-state index is 12.9. The van der Waals surface area contributed by atoms with Crippen LogP contribution in [-0.2, 0) is 16.4 Å². The topological polar surface area (TPSA) is 88.2 Å². The first-order chi connectivity index (χ1) is 14.7. The van der Waals surface area contributed by atoms with E-state index in [9.17, 15) is 22.0 Å². The van der Waals surface area contributed by atoms with Gasteiger partial charge in [0.1, 0.15) is 11.5 Å². The van der Waals surface area contributed by atoms with Crippen molar-refractivity contribution >= 4 is 16.1 Å². The van der Waals surface area contributed by atoms with Gasteiger partial charge in [0, 0.05) is 6.54 Å². The summed E-state index contributed by atoms with van der Waals surface area (Å²) in [5, 5.41) is 1.04. The van der Waals surface area contributed by atoms with Crippen LogP contribution in [0.5, 0.6) is 11.5 Å². The van der Waals surface area contributed by atoms with Gasteiger partial charge < -0.3 is 14.4 Å². The Balaban J connectivity index is 1.79. The zero-order valence-electron chi connectivity index (χ0n) is 17.0. The number of rotatable bonds is 9. The molecule has 0 spiro atoms. The maximum Gasteiger partial charge on any atom is 0.387 e. The van der Waals surface area contributed by atoms with Gasteiger partial charge in [0.15, 0.2) is 0 Å². The van der Waals surface area contributed by atoms with E-state index in [1.165, 1.54) is 12.1 Å². The molecule has 2 aromatic carbocycles. The minimum atomic E-state index is -3.65. The molecule has 1 heterocycles. The molecule has 1 fully saturated rings. The van der Waals surface area contributed by atoms with E-state index in [1.54, 1.807) is 24.1 Å². The molecule has 2 amide bonds. The van der Waals surface area contributed by atoms with E-state index in [1.807, 2.05) is 24.3 Å². The van der Waals surface area contributed by atoms with Gasteiger partial charge in [-0.2, -0.15) is 8.78 Å². The zero-order valence-corrected chi connectivity index (χ0v) is 17.8. The van der Waals surface area contributed by atoms with Crippen molar-refractivity contribution in [2.75, 3.05) is 26.5 Å². The average molecular weight is 455 g/mol. The highest BCUT2D eigenvalue weighted by atomic mass is 32.2. The van der Waals surface area contributed by atoms with Gasteiger partial charge in [-0.15, -0.1) is 4.83 Å². The number of urea groups is 1. The lowest BCUT2D eigenvalue weighted by Gasteiger charge is -2.23. The van der Waals surface area contributed by atoms with E-state index in [-0.39, 0.29) is 12.3 Å². The molecule has 31 heavy (non-hydrogen) atoms. The second-order valence-electron chi connectivity index (χ2n) is 7.01. The third-order valence-electron chi connectivity index (χ3n) is 4.77. The number of halogens is 2. The number of hydrogen-bond acceptors (Lipinski definition) is 5. The molecule has 1 atom stereocenters. The van der Waals surface area contributed by atoms with Gasteiger partial charge in [-0.05, 0) is 41.8 Å². The predicted molar refractivity (Wildman–Crippen MR) is 109 cm³/mol. The van der Waals surface area contributed by atoms with Crippen LogP contribution in [0.15, 0.2) is 48.5 Å². The SMILES string of the molecule is COc1ccc(CCN2C(=O)N(NS(C)(=O)=O)C[C@@H]2c2ccc(OC(F)F)cc2)cc1.